The number of carboxylic acid groups (broad SMARTS) is 1. The highest BCUT2D eigenvalue weighted by Crippen LogP contribution is 2.28. The Morgan fingerprint density at radius 3 is 2.40 bits per heavy atom. The lowest BCUT2D eigenvalue weighted by Crippen LogP contribution is -2.36. The third-order valence-corrected chi connectivity index (χ3v) is 3.70. The molecule has 1 aromatic rings. The minimum Gasteiger partial charge on any atom is -0.478 e. The summed E-state index contributed by atoms with van der Waals surface area (Å²) < 4.78 is 0. The van der Waals surface area contributed by atoms with Crippen LogP contribution in [0.25, 0.3) is 0 Å². The van der Waals surface area contributed by atoms with Gasteiger partial charge < -0.3 is 10.4 Å². The summed E-state index contributed by atoms with van der Waals surface area (Å²) in [6.45, 7) is 9.05. The van der Waals surface area contributed by atoms with Gasteiger partial charge >= 0.3 is 5.97 Å². The highest BCUT2D eigenvalue weighted by molar-refractivity contribution is 8.00. The zero-order chi connectivity index (χ0) is 15.4. The number of nitrogens with one attached hydrogen (secondary N) is 1. The monoisotopic (exact) mass is 296 g/mol. The molecule has 1 aromatic heterocycles. The van der Waals surface area contributed by atoms with Crippen molar-refractivity contribution >= 4 is 23.6 Å². The number of carbonyl (C=O) groups is 2. The van der Waals surface area contributed by atoms with Crippen LogP contribution < -0.4 is 5.32 Å². The number of pyridine rings is 1. The van der Waals surface area contributed by atoms with Crippen molar-refractivity contribution in [3.8, 4) is 0 Å². The van der Waals surface area contributed by atoms with Crippen LogP contribution in [0.15, 0.2) is 11.1 Å². The van der Waals surface area contributed by atoms with Crippen LogP contribution in [-0.2, 0) is 4.79 Å². The largest absolute Gasteiger partial charge is 0.478 e. The second-order valence-electron chi connectivity index (χ2n) is 4.99. The standard InChI is InChI=1S/C14H20N2O3S/c1-7(2)15-12(17)10(5)20-13-11(14(18)19)8(3)6-9(4)16-13/h6-7,10H,1-5H3,(H,15,17)(H,18,19). The third-order valence-electron chi connectivity index (χ3n) is 2.61. The molecule has 0 radical (unpaired) electrons. The Balaban J connectivity index is 3.02. The lowest BCUT2D eigenvalue weighted by atomic mass is 10.1. The Hall–Kier alpha value is -1.56. The maximum atomic E-state index is 11.9. The summed E-state index contributed by atoms with van der Waals surface area (Å²) in [5.74, 6) is -1.14. The molecule has 1 atom stereocenters. The molecule has 5 nitrogen and oxygen atoms in total. The minimum absolute atomic E-state index is 0.0525. The molecule has 6 heteroatoms. The number of hydrogen-bond acceptors (Lipinski definition) is 4. The van der Waals surface area contributed by atoms with Crippen LogP contribution in [0.2, 0.25) is 0 Å². The zero-order valence-corrected chi connectivity index (χ0v) is 13.2. The van der Waals surface area contributed by atoms with E-state index in [2.05, 4.69) is 10.3 Å². The first kappa shape index (κ1) is 16.5. The SMILES string of the molecule is Cc1cc(C)c(C(=O)O)c(SC(C)C(=O)NC(C)C)n1. The molecular formula is C14H20N2O3S. The summed E-state index contributed by atoms with van der Waals surface area (Å²) in [4.78, 5) is 27.5. The van der Waals surface area contributed by atoms with Gasteiger partial charge in [0.1, 0.15) is 5.03 Å². The van der Waals surface area contributed by atoms with Gasteiger partial charge in [-0.3, -0.25) is 4.79 Å². The van der Waals surface area contributed by atoms with Crippen molar-refractivity contribution in [1.29, 1.82) is 0 Å². The van der Waals surface area contributed by atoms with Crippen LogP contribution in [-0.4, -0.2) is 33.3 Å². The summed E-state index contributed by atoms with van der Waals surface area (Å²) >= 11 is 1.17. The maximum absolute atomic E-state index is 11.9. The van der Waals surface area contributed by atoms with E-state index >= 15 is 0 Å². The van der Waals surface area contributed by atoms with Gasteiger partial charge in [-0.1, -0.05) is 11.8 Å². The predicted molar refractivity (Wildman–Crippen MR) is 79.3 cm³/mol. The van der Waals surface area contributed by atoms with Crippen LogP contribution in [0, 0.1) is 13.8 Å². The van der Waals surface area contributed by atoms with Gasteiger partial charge in [0, 0.05) is 11.7 Å². The molecular weight excluding hydrogens is 276 g/mol. The molecule has 0 aliphatic carbocycles. The van der Waals surface area contributed by atoms with E-state index in [1.807, 2.05) is 20.8 Å². The molecule has 20 heavy (non-hydrogen) atoms. The van der Waals surface area contributed by atoms with Crippen LogP contribution in [0.4, 0.5) is 0 Å². The molecule has 1 rings (SSSR count). The highest BCUT2D eigenvalue weighted by atomic mass is 32.2. The summed E-state index contributed by atoms with van der Waals surface area (Å²) in [6, 6.07) is 1.78. The van der Waals surface area contributed by atoms with Crippen molar-refractivity contribution < 1.29 is 14.7 Å². The Bertz CT molecular complexity index is 529. The number of rotatable bonds is 5. The smallest absolute Gasteiger partial charge is 0.338 e. The van der Waals surface area contributed by atoms with E-state index in [0.717, 1.165) is 5.69 Å². The van der Waals surface area contributed by atoms with Gasteiger partial charge in [-0.15, -0.1) is 0 Å². The third kappa shape index (κ3) is 4.23. The molecule has 110 valence electrons. The molecule has 1 amide bonds. The highest BCUT2D eigenvalue weighted by Gasteiger charge is 2.22. The Morgan fingerprint density at radius 1 is 1.30 bits per heavy atom. The van der Waals surface area contributed by atoms with E-state index < -0.39 is 11.2 Å². The number of carboxylic acids is 1. The second-order valence-corrected chi connectivity index (χ2v) is 6.32. The average molecular weight is 296 g/mol. The van der Waals surface area contributed by atoms with Gasteiger partial charge in [0.15, 0.2) is 0 Å². The first-order chi connectivity index (χ1) is 9.22. The Labute approximate surface area is 123 Å². The van der Waals surface area contributed by atoms with E-state index in [9.17, 15) is 14.7 Å². The molecule has 0 spiro atoms. The van der Waals surface area contributed by atoms with Gasteiger partial charge in [0.2, 0.25) is 5.91 Å². The number of aromatic nitrogens is 1. The fourth-order valence-corrected chi connectivity index (χ4v) is 2.84. The van der Waals surface area contributed by atoms with Crippen molar-refractivity contribution in [2.45, 2.75) is 50.9 Å². The van der Waals surface area contributed by atoms with Gasteiger partial charge in [0.05, 0.1) is 10.8 Å². The zero-order valence-electron chi connectivity index (χ0n) is 12.4. The first-order valence-corrected chi connectivity index (χ1v) is 7.29. The van der Waals surface area contributed by atoms with E-state index in [0.29, 0.717) is 10.6 Å². The summed E-state index contributed by atoms with van der Waals surface area (Å²) in [6.07, 6.45) is 0. The molecule has 1 unspecified atom stereocenters. The normalized spacial score (nSPS) is 12.3. The molecule has 0 saturated carbocycles. The molecule has 0 aliphatic rings. The Kier molecular flexibility index (Phi) is 5.56. The van der Waals surface area contributed by atoms with Crippen LogP contribution in [0.5, 0.6) is 0 Å². The number of aromatic carboxylic acids is 1. The molecule has 0 aromatic carbocycles. The lowest BCUT2D eigenvalue weighted by Gasteiger charge is -2.16. The van der Waals surface area contributed by atoms with Crippen molar-refractivity contribution in [1.82, 2.24) is 10.3 Å². The fourth-order valence-electron chi connectivity index (χ4n) is 1.77. The van der Waals surface area contributed by atoms with Gasteiger partial charge in [-0.05, 0) is 46.2 Å². The average Bonchev–Trinajstić information content (AvgIpc) is 2.25. The van der Waals surface area contributed by atoms with Crippen molar-refractivity contribution in [3.63, 3.8) is 0 Å². The minimum atomic E-state index is -1.02. The van der Waals surface area contributed by atoms with Gasteiger partial charge in [-0.25, -0.2) is 9.78 Å². The molecule has 0 aliphatic heterocycles. The quantitative estimate of drug-likeness (QED) is 0.816. The molecule has 0 saturated heterocycles. The van der Waals surface area contributed by atoms with Gasteiger partial charge in [0.25, 0.3) is 0 Å². The molecule has 0 bridgehead atoms. The van der Waals surface area contributed by atoms with Gasteiger partial charge in [-0.2, -0.15) is 0 Å². The summed E-state index contributed by atoms with van der Waals surface area (Å²) in [5, 5.41) is 12.1. The maximum Gasteiger partial charge on any atom is 0.338 e. The number of carbonyl (C=O) groups excluding carboxylic acids is 1. The number of nitrogens with zero attached hydrogens (tertiary/aromatic N) is 1. The van der Waals surface area contributed by atoms with Crippen LogP contribution in [0.3, 0.4) is 0 Å². The van der Waals surface area contributed by atoms with Crippen LogP contribution in [0.1, 0.15) is 42.4 Å². The van der Waals surface area contributed by atoms with E-state index in [-0.39, 0.29) is 17.5 Å². The van der Waals surface area contributed by atoms with Crippen molar-refractivity contribution in [3.05, 3.63) is 22.9 Å². The lowest BCUT2D eigenvalue weighted by molar-refractivity contribution is -0.120. The van der Waals surface area contributed by atoms with E-state index in [1.165, 1.54) is 11.8 Å². The number of aryl methyl sites for hydroxylation is 2. The fraction of sp³-hybridized carbons (Fsp3) is 0.500. The first-order valence-electron chi connectivity index (χ1n) is 6.41. The van der Waals surface area contributed by atoms with E-state index in [1.54, 1.807) is 19.9 Å². The van der Waals surface area contributed by atoms with Crippen molar-refractivity contribution in [2.75, 3.05) is 0 Å². The summed E-state index contributed by atoms with van der Waals surface area (Å²) in [5.41, 5.74) is 1.57. The predicted octanol–water partition coefficient (Wildman–Crippen LogP) is 2.40. The molecule has 1 heterocycles. The topological polar surface area (TPSA) is 79.3 Å². The molecule has 0 fully saturated rings. The van der Waals surface area contributed by atoms with Crippen molar-refractivity contribution in [2.24, 2.45) is 0 Å². The number of thioether (sulfide) groups is 1. The second kappa shape index (κ2) is 6.74. The Morgan fingerprint density at radius 2 is 1.90 bits per heavy atom. The van der Waals surface area contributed by atoms with Crippen LogP contribution >= 0.6 is 11.8 Å². The molecule has 2 N–H and O–H groups in total. The number of hydrogen-bond donors (Lipinski definition) is 2. The van der Waals surface area contributed by atoms with E-state index in [4.69, 9.17) is 0 Å². The number of amides is 1. The summed E-state index contributed by atoms with van der Waals surface area (Å²) in [7, 11) is 0.